The minimum absolute atomic E-state index is 0.0273. The van der Waals surface area contributed by atoms with Crippen LogP contribution in [0.1, 0.15) is 34.5 Å². The van der Waals surface area contributed by atoms with Crippen LogP contribution in [-0.2, 0) is 21.4 Å². The first-order valence-electron chi connectivity index (χ1n) is 9.36. The fourth-order valence-corrected chi connectivity index (χ4v) is 5.95. The monoisotopic (exact) mass is 457 g/mol. The minimum atomic E-state index is -3.48. The van der Waals surface area contributed by atoms with Crippen molar-refractivity contribution in [2.45, 2.75) is 30.0 Å². The molecule has 0 bridgehead atoms. The first-order valence-corrected chi connectivity index (χ1v) is 11.6. The molecule has 7 nitrogen and oxygen atoms in total. The Morgan fingerprint density at radius 3 is 2.50 bits per heavy atom. The Morgan fingerprint density at radius 1 is 1.07 bits per heavy atom. The number of rotatable bonds is 8. The second kappa shape index (κ2) is 9.63. The summed E-state index contributed by atoms with van der Waals surface area (Å²) in [6, 6.07) is 5.82. The van der Waals surface area contributed by atoms with Crippen LogP contribution < -0.4 is 10.6 Å². The quantitative estimate of drug-likeness (QED) is 0.636. The van der Waals surface area contributed by atoms with E-state index in [1.54, 1.807) is 6.07 Å². The Morgan fingerprint density at radius 2 is 1.80 bits per heavy atom. The molecule has 1 saturated heterocycles. The Hall–Kier alpha value is -2.37. The van der Waals surface area contributed by atoms with Crippen molar-refractivity contribution in [1.29, 1.82) is 0 Å². The highest BCUT2D eigenvalue weighted by Gasteiger charge is 2.28. The average molecular weight is 458 g/mol. The Labute approximate surface area is 177 Å². The van der Waals surface area contributed by atoms with Gasteiger partial charge in [-0.1, -0.05) is 0 Å². The fraction of sp³-hybridized carbons (Fsp3) is 0.368. The van der Waals surface area contributed by atoms with Gasteiger partial charge in [-0.3, -0.25) is 9.59 Å². The second-order valence-electron chi connectivity index (χ2n) is 6.74. The SMILES string of the molecule is O=C(CCNC(=O)c1ccc(F)cc1F)NCc1ccc(S(=O)(=O)N2CCCC2)s1. The Kier molecular flexibility index (Phi) is 7.16. The molecule has 1 fully saturated rings. The number of halogens is 2. The third-order valence-corrected chi connectivity index (χ3v) is 8.02. The first-order chi connectivity index (χ1) is 14.3. The van der Waals surface area contributed by atoms with E-state index in [0.29, 0.717) is 24.0 Å². The number of carbonyl (C=O) groups is 2. The van der Waals surface area contributed by atoms with Gasteiger partial charge in [0.1, 0.15) is 15.8 Å². The number of hydrogen-bond acceptors (Lipinski definition) is 5. The topological polar surface area (TPSA) is 95.6 Å². The van der Waals surface area contributed by atoms with Gasteiger partial charge >= 0.3 is 0 Å². The zero-order valence-electron chi connectivity index (χ0n) is 16.0. The zero-order chi connectivity index (χ0) is 21.7. The lowest BCUT2D eigenvalue weighted by Crippen LogP contribution is -2.30. The molecule has 0 aliphatic carbocycles. The van der Waals surface area contributed by atoms with Gasteiger partial charge in [0.15, 0.2) is 0 Å². The molecule has 0 atom stereocenters. The van der Waals surface area contributed by atoms with Crippen LogP contribution >= 0.6 is 11.3 Å². The maximum absolute atomic E-state index is 13.6. The molecule has 1 aromatic carbocycles. The molecule has 11 heteroatoms. The van der Waals surface area contributed by atoms with Crippen molar-refractivity contribution in [3.05, 3.63) is 52.4 Å². The van der Waals surface area contributed by atoms with Crippen LogP contribution in [0.4, 0.5) is 8.78 Å². The molecule has 2 heterocycles. The van der Waals surface area contributed by atoms with E-state index in [4.69, 9.17) is 0 Å². The van der Waals surface area contributed by atoms with E-state index in [1.807, 2.05) is 0 Å². The van der Waals surface area contributed by atoms with Gasteiger partial charge in [-0.25, -0.2) is 17.2 Å². The van der Waals surface area contributed by atoms with Gasteiger partial charge in [-0.05, 0) is 37.1 Å². The maximum atomic E-state index is 13.6. The summed E-state index contributed by atoms with van der Waals surface area (Å²) in [4.78, 5) is 24.5. The molecule has 0 radical (unpaired) electrons. The van der Waals surface area contributed by atoms with E-state index >= 15 is 0 Å². The number of nitrogens with zero attached hydrogens (tertiary/aromatic N) is 1. The van der Waals surface area contributed by atoms with Crippen LogP contribution in [0.25, 0.3) is 0 Å². The molecule has 162 valence electrons. The first kappa shape index (κ1) is 22.3. The van der Waals surface area contributed by atoms with Gasteiger partial charge in [0.05, 0.1) is 12.1 Å². The summed E-state index contributed by atoms with van der Waals surface area (Å²) in [5.41, 5.74) is -0.304. The summed E-state index contributed by atoms with van der Waals surface area (Å²) in [6.45, 7) is 1.19. The molecule has 0 saturated carbocycles. The van der Waals surface area contributed by atoms with Crippen molar-refractivity contribution in [3.8, 4) is 0 Å². The second-order valence-corrected chi connectivity index (χ2v) is 10.1. The lowest BCUT2D eigenvalue weighted by molar-refractivity contribution is -0.121. The third kappa shape index (κ3) is 5.41. The van der Waals surface area contributed by atoms with Gasteiger partial charge in [0, 0.05) is 37.0 Å². The Bertz CT molecular complexity index is 1030. The number of thiophene rings is 1. The number of nitrogens with one attached hydrogen (secondary N) is 2. The molecule has 2 amide bonds. The van der Waals surface area contributed by atoms with Crippen molar-refractivity contribution in [2.75, 3.05) is 19.6 Å². The van der Waals surface area contributed by atoms with Gasteiger partial charge in [-0.2, -0.15) is 4.31 Å². The summed E-state index contributed by atoms with van der Waals surface area (Å²) in [7, 11) is -3.48. The highest BCUT2D eigenvalue weighted by atomic mass is 32.2. The molecule has 3 rings (SSSR count). The number of hydrogen-bond donors (Lipinski definition) is 2. The average Bonchev–Trinajstić information content (AvgIpc) is 3.39. The van der Waals surface area contributed by atoms with Crippen molar-refractivity contribution < 1.29 is 26.8 Å². The van der Waals surface area contributed by atoms with Gasteiger partial charge in [-0.15, -0.1) is 11.3 Å². The summed E-state index contributed by atoms with van der Waals surface area (Å²) in [5, 5.41) is 5.05. The molecular formula is C19H21F2N3O4S2. The minimum Gasteiger partial charge on any atom is -0.351 e. The predicted octanol–water partition coefficient (Wildman–Crippen LogP) is 2.25. The number of benzene rings is 1. The molecule has 0 spiro atoms. The molecule has 1 aromatic heterocycles. The Balaban J connectivity index is 1.44. The third-order valence-electron chi connectivity index (χ3n) is 4.57. The fourth-order valence-electron chi connectivity index (χ4n) is 2.98. The molecule has 30 heavy (non-hydrogen) atoms. The molecule has 2 N–H and O–H groups in total. The van der Waals surface area contributed by atoms with Crippen LogP contribution in [0.15, 0.2) is 34.5 Å². The van der Waals surface area contributed by atoms with E-state index in [9.17, 15) is 26.8 Å². The van der Waals surface area contributed by atoms with Crippen LogP contribution in [0.5, 0.6) is 0 Å². The number of amides is 2. The van der Waals surface area contributed by atoms with Crippen LogP contribution in [0.3, 0.4) is 0 Å². The van der Waals surface area contributed by atoms with Gasteiger partial charge < -0.3 is 10.6 Å². The van der Waals surface area contributed by atoms with E-state index in [2.05, 4.69) is 10.6 Å². The lowest BCUT2D eigenvalue weighted by Gasteiger charge is -2.13. The number of carbonyl (C=O) groups excluding carboxylic acids is 2. The van der Waals surface area contributed by atoms with E-state index in [1.165, 1.54) is 10.4 Å². The standard InChI is InChI=1S/C19H21F2N3O4S2/c20-13-3-5-15(16(21)11-13)19(26)22-8-7-17(25)23-12-14-4-6-18(29-14)30(27,28)24-9-1-2-10-24/h3-6,11H,1-2,7-10,12H2,(H,22,26)(H,23,25). The van der Waals surface area contributed by atoms with E-state index in [0.717, 1.165) is 36.3 Å². The summed E-state index contributed by atoms with van der Waals surface area (Å²) >= 11 is 1.11. The molecule has 1 aliphatic rings. The van der Waals surface area contributed by atoms with Crippen LogP contribution in [0.2, 0.25) is 0 Å². The highest BCUT2D eigenvalue weighted by Crippen LogP contribution is 2.27. The maximum Gasteiger partial charge on any atom is 0.254 e. The summed E-state index contributed by atoms with van der Waals surface area (Å²) in [6.07, 6.45) is 1.68. The molecule has 1 aliphatic heterocycles. The number of sulfonamides is 1. The van der Waals surface area contributed by atoms with E-state index < -0.39 is 27.6 Å². The summed E-state index contributed by atoms with van der Waals surface area (Å²) < 4.78 is 53.2. The highest BCUT2D eigenvalue weighted by molar-refractivity contribution is 7.91. The largest absolute Gasteiger partial charge is 0.351 e. The van der Waals surface area contributed by atoms with Crippen molar-refractivity contribution in [2.24, 2.45) is 0 Å². The van der Waals surface area contributed by atoms with Gasteiger partial charge in [0.2, 0.25) is 5.91 Å². The van der Waals surface area contributed by atoms with E-state index in [-0.39, 0.29) is 35.2 Å². The van der Waals surface area contributed by atoms with Gasteiger partial charge in [0.25, 0.3) is 15.9 Å². The van der Waals surface area contributed by atoms with Crippen molar-refractivity contribution >= 4 is 33.2 Å². The summed E-state index contributed by atoms with van der Waals surface area (Å²) in [5.74, 6) is -2.86. The van der Waals surface area contributed by atoms with Crippen LogP contribution in [0, 0.1) is 11.6 Å². The molecule has 0 unspecified atom stereocenters. The normalized spacial score (nSPS) is 14.6. The molecule has 2 aromatic rings. The smallest absolute Gasteiger partial charge is 0.254 e. The van der Waals surface area contributed by atoms with Crippen LogP contribution in [-0.4, -0.2) is 44.2 Å². The zero-order valence-corrected chi connectivity index (χ0v) is 17.6. The predicted molar refractivity (Wildman–Crippen MR) is 107 cm³/mol. The van der Waals surface area contributed by atoms with Crippen molar-refractivity contribution in [3.63, 3.8) is 0 Å². The lowest BCUT2D eigenvalue weighted by atomic mass is 10.2. The molecular weight excluding hydrogens is 436 g/mol. The van der Waals surface area contributed by atoms with Crippen molar-refractivity contribution in [1.82, 2.24) is 14.9 Å².